The molecule has 0 aromatic carbocycles. The highest BCUT2D eigenvalue weighted by molar-refractivity contribution is 6.04. The highest BCUT2D eigenvalue weighted by Crippen LogP contribution is 2.17. The third-order valence-electron chi connectivity index (χ3n) is 7.21. The summed E-state index contributed by atoms with van der Waals surface area (Å²) in [4.78, 5) is 94.3. The highest BCUT2D eigenvalue weighted by Gasteiger charge is 2.20. The van der Waals surface area contributed by atoms with Crippen LogP contribution >= 0.6 is 0 Å². The summed E-state index contributed by atoms with van der Waals surface area (Å²) in [6, 6.07) is 2.91. The SMILES string of the molecule is COC(=O)c1cc(NC(=O)c2nc(NC(=O)CCNC(=O)c3cc(NC(=O)c4nc(NC(=O)CCNC(C)=O)cn4C)cn3C)cn2C)cn1C. The molecule has 0 radical (unpaired) electrons. The number of nitrogens with zero attached hydrogens (tertiary/aromatic N) is 6. The first-order chi connectivity index (χ1) is 24.1. The van der Waals surface area contributed by atoms with Gasteiger partial charge in [-0.25, -0.2) is 14.8 Å². The number of nitrogens with one attached hydrogen (secondary N) is 6. The summed E-state index contributed by atoms with van der Waals surface area (Å²) in [5, 5.41) is 15.6. The monoisotopic (exact) mass is 706 g/mol. The van der Waals surface area contributed by atoms with Crippen LogP contribution in [0.25, 0.3) is 0 Å². The minimum Gasteiger partial charge on any atom is -0.464 e. The molecule has 0 aliphatic rings. The molecule has 0 spiro atoms. The molecule has 6 amide bonds. The molecule has 270 valence electrons. The van der Waals surface area contributed by atoms with Gasteiger partial charge in [0.15, 0.2) is 11.6 Å². The number of hydrogen-bond donors (Lipinski definition) is 6. The zero-order valence-electron chi connectivity index (χ0n) is 28.7. The average molecular weight is 707 g/mol. The zero-order chi connectivity index (χ0) is 37.4. The standard InChI is InChI=1S/C31H38N12O8/c1-17(44)32-9-7-24(45)36-22-15-42(4)26(38-22)29(48)34-18-11-20(40(2)13-18)28(47)33-10-8-25(46)37-23-16-43(5)27(39-23)30(49)35-19-12-21(31(50)51-6)41(3)14-19/h11-16H,7-10H2,1-6H3,(H,32,44)(H,33,47)(H,34,48)(H,35,49)(H,36,45)(H,37,46). The molecular weight excluding hydrogens is 668 g/mol. The molecule has 6 N–H and O–H groups in total. The van der Waals surface area contributed by atoms with Gasteiger partial charge in [0, 0.05) is 85.8 Å². The molecule has 0 fully saturated rings. The Morgan fingerprint density at radius 1 is 0.608 bits per heavy atom. The van der Waals surface area contributed by atoms with Crippen LogP contribution < -0.4 is 31.9 Å². The third-order valence-corrected chi connectivity index (χ3v) is 7.21. The van der Waals surface area contributed by atoms with Crippen LogP contribution in [-0.2, 0) is 47.3 Å². The van der Waals surface area contributed by atoms with Gasteiger partial charge in [-0.15, -0.1) is 0 Å². The van der Waals surface area contributed by atoms with Crippen molar-refractivity contribution in [2.24, 2.45) is 28.2 Å². The van der Waals surface area contributed by atoms with E-state index in [1.165, 1.54) is 63.0 Å². The molecule has 0 saturated carbocycles. The van der Waals surface area contributed by atoms with E-state index in [1.54, 1.807) is 34.4 Å². The van der Waals surface area contributed by atoms with Crippen molar-refractivity contribution >= 4 is 64.4 Å². The van der Waals surface area contributed by atoms with E-state index in [-0.39, 0.29) is 66.5 Å². The number of aromatic nitrogens is 6. The molecule has 4 rings (SSSR count). The minimum absolute atomic E-state index is 0.000828. The smallest absolute Gasteiger partial charge is 0.354 e. The second kappa shape index (κ2) is 16.1. The summed E-state index contributed by atoms with van der Waals surface area (Å²) in [5.74, 6) is -3.07. The van der Waals surface area contributed by atoms with Crippen LogP contribution in [0.3, 0.4) is 0 Å². The summed E-state index contributed by atoms with van der Waals surface area (Å²) >= 11 is 0. The number of methoxy groups -OCH3 is 1. The first kappa shape index (κ1) is 37.1. The summed E-state index contributed by atoms with van der Waals surface area (Å²) < 4.78 is 10.6. The summed E-state index contributed by atoms with van der Waals surface area (Å²) in [5.41, 5.74) is 1.10. The fourth-order valence-corrected chi connectivity index (χ4v) is 4.79. The van der Waals surface area contributed by atoms with E-state index in [0.29, 0.717) is 11.4 Å². The maximum atomic E-state index is 12.9. The molecule has 0 saturated heterocycles. The number of hydrogen-bond acceptors (Lipinski definition) is 10. The second-order valence-corrected chi connectivity index (χ2v) is 11.3. The Hall–Kier alpha value is -6.73. The molecule has 51 heavy (non-hydrogen) atoms. The Balaban J connectivity index is 1.25. The Morgan fingerprint density at radius 3 is 1.53 bits per heavy atom. The lowest BCUT2D eigenvalue weighted by Crippen LogP contribution is -2.29. The molecule has 0 aliphatic heterocycles. The molecule has 0 aliphatic carbocycles. The molecule has 0 unspecified atom stereocenters. The fourth-order valence-electron chi connectivity index (χ4n) is 4.79. The largest absolute Gasteiger partial charge is 0.464 e. The van der Waals surface area contributed by atoms with Crippen molar-refractivity contribution in [2.75, 3.05) is 41.5 Å². The molecule has 20 nitrogen and oxygen atoms in total. The van der Waals surface area contributed by atoms with E-state index < -0.39 is 35.5 Å². The Kier molecular flexibility index (Phi) is 11.7. The van der Waals surface area contributed by atoms with Crippen molar-refractivity contribution in [1.29, 1.82) is 0 Å². The van der Waals surface area contributed by atoms with Gasteiger partial charge in [0.2, 0.25) is 29.4 Å². The Labute approximate surface area is 290 Å². The number of carbonyl (C=O) groups excluding carboxylic acids is 7. The van der Waals surface area contributed by atoms with Gasteiger partial charge in [0.05, 0.1) is 18.5 Å². The van der Waals surface area contributed by atoms with Crippen LogP contribution in [0.1, 0.15) is 62.0 Å². The molecule has 0 atom stereocenters. The molecule has 0 bridgehead atoms. The van der Waals surface area contributed by atoms with Crippen LogP contribution in [-0.4, -0.2) is 89.8 Å². The normalized spacial score (nSPS) is 10.6. The Morgan fingerprint density at radius 2 is 1.06 bits per heavy atom. The number of amides is 6. The zero-order valence-corrected chi connectivity index (χ0v) is 28.7. The number of anilines is 4. The second-order valence-electron chi connectivity index (χ2n) is 11.3. The maximum Gasteiger partial charge on any atom is 0.354 e. The van der Waals surface area contributed by atoms with E-state index in [1.807, 2.05) is 0 Å². The van der Waals surface area contributed by atoms with Gasteiger partial charge in [-0.2, -0.15) is 0 Å². The van der Waals surface area contributed by atoms with E-state index in [2.05, 4.69) is 41.9 Å². The van der Waals surface area contributed by atoms with E-state index in [9.17, 15) is 33.6 Å². The number of aryl methyl sites for hydroxylation is 4. The van der Waals surface area contributed by atoms with Crippen molar-refractivity contribution in [3.63, 3.8) is 0 Å². The van der Waals surface area contributed by atoms with Gasteiger partial charge in [-0.05, 0) is 12.1 Å². The van der Waals surface area contributed by atoms with Crippen molar-refractivity contribution < 1.29 is 38.3 Å². The molecule has 20 heteroatoms. The van der Waals surface area contributed by atoms with Crippen LogP contribution in [0.15, 0.2) is 36.9 Å². The van der Waals surface area contributed by atoms with Gasteiger partial charge in [0.25, 0.3) is 17.7 Å². The van der Waals surface area contributed by atoms with Gasteiger partial charge in [-0.1, -0.05) is 0 Å². The van der Waals surface area contributed by atoms with E-state index >= 15 is 0 Å². The molecular formula is C31H38N12O8. The first-order valence-corrected chi connectivity index (χ1v) is 15.4. The van der Waals surface area contributed by atoms with Gasteiger partial charge < -0.3 is 54.9 Å². The lowest BCUT2D eigenvalue weighted by atomic mass is 10.3. The number of carbonyl (C=O) groups is 7. The van der Waals surface area contributed by atoms with Crippen LogP contribution in [0.4, 0.5) is 23.0 Å². The lowest BCUT2D eigenvalue weighted by molar-refractivity contribution is -0.119. The number of ether oxygens (including phenoxy) is 1. The summed E-state index contributed by atoms with van der Waals surface area (Å²) in [6.45, 7) is 1.48. The molecule has 4 heterocycles. The number of imidazole rings is 2. The van der Waals surface area contributed by atoms with Crippen LogP contribution in [0.5, 0.6) is 0 Å². The predicted octanol–water partition coefficient (Wildman–Crippen LogP) is 0.345. The van der Waals surface area contributed by atoms with E-state index in [4.69, 9.17) is 4.74 Å². The lowest BCUT2D eigenvalue weighted by Gasteiger charge is -2.06. The molecule has 4 aromatic rings. The van der Waals surface area contributed by atoms with Gasteiger partial charge in [-0.3, -0.25) is 28.8 Å². The minimum atomic E-state index is -0.589. The van der Waals surface area contributed by atoms with Crippen LogP contribution in [0, 0.1) is 0 Å². The van der Waals surface area contributed by atoms with E-state index in [0.717, 1.165) is 0 Å². The summed E-state index contributed by atoms with van der Waals surface area (Å²) in [6.07, 6.45) is 5.90. The fraction of sp³-hybridized carbons (Fsp3) is 0.323. The first-order valence-electron chi connectivity index (χ1n) is 15.4. The van der Waals surface area contributed by atoms with Crippen molar-refractivity contribution in [2.45, 2.75) is 19.8 Å². The topological polar surface area (TPSA) is 246 Å². The predicted molar refractivity (Wildman–Crippen MR) is 182 cm³/mol. The van der Waals surface area contributed by atoms with Crippen LogP contribution in [0.2, 0.25) is 0 Å². The quantitative estimate of drug-likeness (QED) is 0.0982. The maximum absolute atomic E-state index is 12.9. The van der Waals surface area contributed by atoms with Gasteiger partial charge in [0.1, 0.15) is 11.4 Å². The van der Waals surface area contributed by atoms with Crippen molar-refractivity contribution in [3.8, 4) is 0 Å². The average Bonchev–Trinajstić information content (AvgIpc) is 3.81. The molecule has 4 aromatic heterocycles. The van der Waals surface area contributed by atoms with Gasteiger partial charge >= 0.3 is 5.97 Å². The number of esters is 1. The number of rotatable bonds is 14. The van der Waals surface area contributed by atoms with Crippen molar-refractivity contribution in [3.05, 3.63) is 60.0 Å². The third kappa shape index (κ3) is 9.68. The Bertz CT molecular complexity index is 2000. The van der Waals surface area contributed by atoms with Crippen molar-refractivity contribution in [1.82, 2.24) is 38.9 Å². The summed E-state index contributed by atoms with van der Waals surface area (Å²) in [7, 11) is 7.64. The highest BCUT2D eigenvalue weighted by atomic mass is 16.5.